The van der Waals surface area contributed by atoms with Gasteiger partial charge in [-0.2, -0.15) is 9.40 Å². The number of nitrogens with two attached hydrogens (primary N) is 1. The first-order valence-corrected chi connectivity index (χ1v) is 9.65. The Hall–Kier alpha value is -3.03. The van der Waals surface area contributed by atoms with Crippen LogP contribution in [0.5, 0.6) is 0 Å². The number of amides is 1. The fraction of sp³-hybridized carbons (Fsp3) is 0.333. The van der Waals surface area contributed by atoms with Gasteiger partial charge in [0.1, 0.15) is 11.4 Å². The van der Waals surface area contributed by atoms with Crippen LogP contribution in [0.3, 0.4) is 0 Å². The van der Waals surface area contributed by atoms with Crippen molar-refractivity contribution in [3.63, 3.8) is 0 Å². The lowest BCUT2D eigenvalue weighted by Gasteiger charge is -2.26. The first-order chi connectivity index (χ1) is 13.3. The van der Waals surface area contributed by atoms with Crippen molar-refractivity contribution in [2.75, 3.05) is 31.6 Å². The third-order valence-electron chi connectivity index (χ3n) is 3.99. The average Bonchev–Trinajstić information content (AvgIpc) is 3.08. The van der Waals surface area contributed by atoms with Gasteiger partial charge in [0, 0.05) is 31.4 Å². The fourth-order valence-corrected chi connectivity index (χ4v) is 4.27. The number of aromatic nitrogens is 2. The van der Waals surface area contributed by atoms with Gasteiger partial charge < -0.3 is 15.8 Å². The number of nitrogens with zero attached hydrogens (tertiary/aromatic N) is 4. The zero-order chi connectivity index (χ0) is 20.3. The minimum atomic E-state index is -4.00. The number of morpholine rings is 1. The van der Waals surface area contributed by atoms with Gasteiger partial charge in [0.05, 0.1) is 35.7 Å². The lowest BCUT2D eigenvalue weighted by molar-refractivity contribution is -0.385. The Bertz CT molecular complexity index is 998. The standard InChI is InChI=1S/C15H18N6O6S/c16-15(22)10-19-9-11(8-17-19)18-13-2-1-12(21(23)24)7-14(13)28(25,26)20-3-5-27-6-4-20/h1-2,7-9,18H,3-6,10H2,(H2,16,22). The number of nitro benzene ring substituents is 1. The van der Waals surface area contributed by atoms with Crippen LogP contribution in [0.4, 0.5) is 17.1 Å². The molecule has 3 N–H and O–H groups in total. The predicted octanol–water partition coefficient (Wildman–Crippen LogP) is 0.0411. The van der Waals surface area contributed by atoms with Crippen molar-refractivity contribution in [1.82, 2.24) is 14.1 Å². The topological polar surface area (TPSA) is 163 Å². The lowest BCUT2D eigenvalue weighted by Crippen LogP contribution is -2.40. The molecule has 2 aromatic rings. The molecule has 1 fully saturated rings. The number of hydrogen-bond donors (Lipinski definition) is 2. The number of carbonyl (C=O) groups excluding carboxylic acids is 1. The molecule has 1 aromatic carbocycles. The molecule has 1 aliphatic rings. The molecule has 1 aromatic heterocycles. The molecule has 0 saturated carbocycles. The Labute approximate surface area is 160 Å². The summed E-state index contributed by atoms with van der Waals surface area (Å²) in [5, 5.41) is 18.0. The van der Waals surface area contributed by atoms with Crippen molar-refractivity contribution >= 4 is 33.0 Å². The molecular formula is C15H18N6O6S. The summed E-state index contributed by atoms with van der Waals surface area (Å²) < 4.78 is 33.8. The van der Waals surface area contributed by atoms with Crippen molar-refractivity contribution in [3.8, 4) is 0 Å². The number of sulfonamides is 1. The summed E-state index contributed by atoms with van der Waals surface area (Å²) in [5.74, 6) is -0.583. The second-order valence-corrected chi connectivity index (χ2v) is 7.88. The molecule has 0 unspecified atom stereocenters. The van der Waals surface area contributed by atoms with E-state index in [-0.39, 0.29) is 49.1 Å². The van der Waals surface area contributed by atoms with Gasteiger partial charge >= 0.3 is 0 Å². The van der Waals surface area contributed by atoms with Crippen LogP contribution >= 0.6 is 0 Å². The van der Waals surface area contributed by atoms with Gasteiger partial charge in [-0.1, -0.05) is 0 Å². The molecule has 3 rings (SSSR count). The first-order valence-electron chi connectivity index (χ1n) is 8.21. The minimum Gasteiger partial charge on any atom is -0.379 e. The molecule has 150 valence electrons. The third kappa shape index (κ3) is 4.27. The highest BCUT2D eigenvalue weighted by molar-refractivity contribution is 7.89. The predicted molar refractivity (Wildman–Crippen MR) is 97.4 cm³/mol. The second kappa shape index (κ2) is 7.92. The van der Waals surface area contributed by atoms with Crippen LogP contribution in [0.15, 0.2) is 35.5 Å². The Kier molecular flexibility index (Phi) is 5.58. The smallest absolute Gasteiger partial charge is 0.270 e. The summed E-state index contributed by atoms with van der Waals surface area (Å²) in [7, 11) is -4.00. The molecule has 28 heavy (non-hydrogen) atoms. The van der Waals surface area contributed by atoms with Gasteiger partial charge in [0.2, 0.25) is 15.9 Å². The molecule has 1 amide bonds. The number of nitrogens with one attached hydrogen (secondary N) is 1. The summed E-state index contributed by atoms with van der Waals surface area (Å²) in [6.45, 7) is 0.663. The van der Waals surface area contributed by atoms with E-state index in [9.17, 15) is 23.3 Å². The van der Waals surface area contributed by atoms with E-state index in [1.54, 1.807) is 0 Å². The summed E-state index contributed by atoms with van der Waals surface area (Å²) >= 11 is 0. The van der Waals surface area contributed by atoms with Crippen molar-refractivity contribution < 1.29 is 22.9 Å². The van der Waals surface area contributed by atoms with Gasteiger partial charge in [-0.05, 0) is 6.07 Å². The van der Waals surface area contributed by atoms with Gasteiger partial charge in [0.25, 0.3) is 5.69 Å². The maximum atomic E-state index is 13.0. The minimum absolute atomic E-state index is 0.138. The molecule has 1 aliphatic heterocycles. The number of benzene rings is 1. The van der Waals surface area contributed by atoms with Crippen molar-refractivity contribution in [2.45, 2.75) is 11.4 Å². The van der Waals surface area contributed by atoms with E-state index in [0.717, 1.165) is 6.07 Å². The first kappa shape index (κ1) is 19.7. The molecule has 2 heterocycles. The second-order valence-electron chi connectivity index (χ2n) is 5.97. The Morgan fingerprint density at radius 1 is 1.36 bits per heavy atom. The number of non-ortho nitro benzene ring substituents is 1. The monoisotopic (exact) mass is 410 g/mol. The van der Waals surface area contributed by atoms with E-state index < -0.39 is 20.9 Å². The zero-order valence-corrected chi connectivity index (χ0v) is 15.5. The molecule has 0 atom stereocenters. The number of anilines is 2. The van der Waals surface area contributed by atoms with Crippen LogP contribution in [0.2, 0.25) is 0 Å². The number of hydrogen-bond acceptors (Lipinski definition) is 8. The lowest BCUT2D eigenvalue weighted by atomic mass is 10.3. The van der Waals surface area contributed by atoms with Gasteiger partial charge in [-0.25, -0.2) is 8.42 Å². The zero-order valence-electron chi connectivity index (χ0n) is 14.6. The van der Waals surface area contributed by atoms with E-state index >= 15 is 0 Å². The summed E-state index contributed by atoms with van der Waals surface area (Å²) in [4.78, 5) is 21.2. The fourth-order valence-electron chi connectivity index (χ4n) is 2.70. The summed E-state index contributed by atoms with van der Waals surface area (Å²) in [6.07, 6.45) is 2.85. The van der Waals surface area contributed by atoms with E-state index in [0.29, 0.717) is 5.69 Å². The molecule has 12 nitrogen and oxygen atoms in total. The van der Waals surface area contributed by atoms with Gasteiger partial charge in [0.15, 0.2) is 0 Å². The van der Waals surface area contributed by atoms with Gasteiger partial charge in [-0.15, -0.1) is 0 Å². The highest BCUT2D eigenvalue weighted by Gasteiger charge is 2.30. The molecule has 13 heteroatoms. The van der Waals surface area contributed by atoms with Crippen LogP contribution in [0, 0.1) is 10.1 Å². The molecule has 0 bridgehead atoms. The molecule has 1 saturated heterocycles. The normalized spacial score (nSPS) is 15.3. The highest BCUT2D eigenvalue weighted by Crippen LogP contribution is 2.31. The molecule has 0 spiro atoms. The quantitative estimate of drug-likeness (QED) is 0.477. The largest absolute Gasteiger partial charge is 0.379 e. The average molecular weight is 410 g/mol. The van der Waals surface area contributed by atoms with Crippen LogP contribution in [0.25, 0.3) is 0 Å². The van der Waals surface area contributed by atoms with Crippen LogP contribution in [-0.2, 0) is 26.1 Å². The highest BCUT2D eigenvalue weighted by atomic mass is 32.2. The van der Waals surface area contributed by atoms with Crippen molar-refractivity contribution in [3.05, 3.63) is 40.7 Å². The summed E-state index contributed by atoms with van der Waals surface area (Å²) in [6, 6.07) is 3.53. The van der Waals surface area contributed by atoms with E-state index in [1.165, 1.54) is 33.5 Å². The van der Waals surface area contributed by atoms with Crippen LogP contribution in [-0.4, -0.2) is 59.6 Å². The number of ether oxygens (including phenoxy) is 1. The number of nitro groups is 1. The van der Waals surface area contributed by atoms with E-state index in [2.05, 4.69) is 10.4 Å². The SMILES string of the molecule is NC(=O)Cn1cc(Nc2ccc([N+](=O)[O-])cc2S(=O)(=O)N2CCOCC2)cn1. The molecule has 0 radical (unpaired) electrons. The number of primary amides is 1. The van der Waals surface area contributed by atoms with E-state index in [1.807, 2.05) is 0 Å². The number of rotatable bonds is 7. The van der Waals surface area contributed by atoms with Gasteiger partial charge in [-0.3, -0.25) is 19.6 Å². The third-order valence-corrected chi connectivity index (χ3v) is 5.93. The van der Waals surface area contributed by atoms with Crippen molar-refractivity contribution in [1.29, 1.82) is 0 Å². The van der Waals surface area contributed by atoms with Crippen molar-refractivity contribution in [2.24, 2.45) is 5.73 Å². The summed E-state index contributed by atoms with van der Waals surface area (Å²) in [5.41, 5.74) is 5.32. The number of carbonyl (C=O) groups is 1. The Balaban J connectivity index is 1.97. The molecule has 0 aliphatic carbocycles. The molecular weight excluding hydrogens is 392 g/mol. The van der Waals surface area contributed by atoms with E-state index in [4.69, 9.17) is 10.5 Å². The van der Waals surface area contributed by atoms with Crippen LogP contribution in [0.1, 0.15) is 0 Å². The van der Waals surface area contributed by atoms with Crippen LogP contribution < -0.4 is 11.1 Å². The Morgan fingerprint density at radius 3 is 2.71 bits per heavy atom. The maximum absolute atomic E-state index is 13.0. The maximum Gasteiger partial charge on any atom is 0.270 e. The Morgan fingerprint density at radius 2 is 2.07 bits per heavy atom.